The van der Waals surface area contributed by atoms with Gasteiger partial charge in [0.1, 0.15) is 6.10 Å². The summed E-state index contributed by atoms with van der Waals surface area (Å²) in [5.74, 6) is 1.89. The lowest BCUT2D eigenvalue weighted by Crippen LogP contribution is -2.51. The van der Waals surface area contributed by atoms with E-state index < -0.39 is 12.1 Å². The Balaban J connectivity index is 1.69. The molecule has 0 radical (unpaired) electrons. The highest BCUT2D eigenvalue weighted by Crippen LogP contribution is 2.51. The van der Waals surface area contributed by atoms with Gasteiger partial charge in [0.25, 0.3) is 0 Å². The smallest absolute Gasteiger partial charge is 0.335 e. The number of aliphatic hydroxyl groups is 1. The van der Waals surface area contributed by atoms with Gasteiger partial charge in [0.15, 0.2) is 6.10 Å². The summed E-state index contributed by atoms with van der Waals surface area (Å²) < 4.78 is 11.1. The molecule has 1 saturated heterocycles. The Hall–Kier alpha value is -1.10. The largest absolute Gasteiger partial charge is 0.464 e. The molecule has 0 spiro atoms. The zero-order chi connectivity index (χ0) is 21.1. The number of esters is 2. The van der Waals surface area contributed by atoms with Crippen molar-refractivity contribution >= 4 is 11.9 Å². The molecule has 3 rings (SSSR count). The van der Waals surface area contributed by atoms with Crippen LogP contribution in [0.5, 0.6) is 0 Å². The highest BCUT2D eigenvalue weighted by molar-refractivity contribution is 5.75. The second-order valence-electron chi connectivity index (χ2n) is 9.94. The summed E-state index contributed by atoms with van der Waals surface area (Å²) in [5.41, 5.74) is 0. The molecule has 1 heterocycles. The van der Waals surface area contributed by atoms with E-state index in [1.54, 1.807) is 0 Å². The topological polar surface area (TPSA) is 72.8 Å². The van der Waals surface area contributed by atoms with Gasteiger partial charge in [-0.3, -0.25) is 4.79 Å². The third-order valence-electron chi connectivity index (χ3n) is 8.43. The Morgan fingerprint density at radius 2 is 1.83 bits per heavy atom. The van der Waals surface area contributed by atoms with Crippen LogP contribution in [-0.2, 0) is 19.1 Å². The molecule has 3 aliphatic rings. The van der Waals surface area contributed by atoms with Crippen molar-refractivity contribution in [1.29, 1.82) is 0 Å². The first-order valence-electron chi connectivity index (χ1n) is 11.9. The summed E-state index contributed by atoms with van der Waals surface area (Å²) in [5, 5.41) is 10.2. The summed E-state index contributed by atoms with van der Waals surface area (Å²) in [6, 6.07) is 0. The van der Waals surface area contributed by atoms with Gasteiger partial charge in [-0.25, -0.2) is 4.79 Å². The van der Waals surface area contributed by atoms with Gasteiger partial charge in [0, 0.05) is 0 Å². The van der Waals surface area contributed by atoms with Crippen molar-refractivity contribution in [2.75, 3.05) is 6.61 Å². The minimum absolute atomic E-state index is 0.0155. The van der Waals surface area contributed by atoms with Gasteiger partial charge in [-0.2, -0.15) is 0 Å². The number of carbonyl (C=O) groups is 2. The minimum Gasteiger partial charge on any atom is -0.464 e. The van der Waals surface area contributed by atoms with Crippen molar-refractivity contribution in [3.63, 3.8) is 0 Å². The lowest BCUT2D eigenvalue weighted by atomic mass is 9.56. The first-order chi connectivity index (χ1) is 13.8. The summed E-state index contributed by atoms with van der Waals surface area (Å²) in [6.45, 7) is 8.99. The van der Waals surface area contributed by atoms with Crippen molar-refractivity contribution in [2.45, 2.75) is 91.3 Å². The van der Waals surface area contributed by atoms with Crippen molar-refractivity contribution in [2.24, 2.45) is 41.4 Å². The fraction of sp³-hybridized carbons (Fsp3) is 0.917. The average Bonchev–Trinajstić information content (AvgIpc) is 2.73. The van der Waals surface area contributed by atoms with Gasteiger partial charge in [-0.05, 0) is 74.0 Å². The van der Waals surface area contributed by atoms with E-state index in [1.807, 2.05) is 13.8 Å². The molecule has 166 valence electrons. The van der Waals surface area contributed by atoms with Crippen LogP contribution in [0.3, 0.4) is 0 Å². The Bertz CT molecular complexity index is 576. The van der Waals surface area contributed by atoms with Crippen LogP contribution in [-0.4, -0.2) is 35.9 Å². The van der Waals surface area contributed by atoms with Gasteiger partial charge >= 0.3 is 11.9 Å². The molecule has 0 aromatic heterocycles. The molecule has 0 aromatic rings. The molecule has 3 fully saturated rings. The quantitative estimate of drug-likeness (QED) is 0.661. The summed E-state index contributed by atoms with van der Waals surface area (Å²) >= 11 is 0. The van der Waals surface area contributed by atoms with E-state index in [-0.39, 0.29) is 23.9 Å². The molecular formula is C24H40O5. The summed E-state index contributed by atoms with van der Waals surface area (Å²) in [4.78, 5) is 24.3. The highest BCUT2D eigenvalue weighted by atomic mass is 16.6. The van der Waals surface area contributed by atoms with Gasteiger partial charge < -0.3 is 14.6 Å². The first-order valence-corrected chi connectivity index (χ1v) is 11.9. The molecule has 9 atom stereocenters. The van der Waals surface area contributed by atoms with Crippen molar-refractivity contribution in [1.82, 2.24) is 0 Å². The molecule has 2 saturated carbocycles. The van der Waals surface area contributed by atoms with Gasteiger partial charge in [0.05, 0.1) is 12.5 Å². The van der Waals surface area contributed by atoms with Crippen LogP contribution in [0.4, 0.5) is 0 Å². The predicted molar refractivity (Wildman–Crippen MR) is 111 cm³/mol. The maximum absolute atomic E-state index is 12.6. The molecule has 29 heavy (non-hydrogen) atoms. The van der Waals surface area contributed by atoms with Crippen LogP contribution >= 0.6 is 0 Å². The first kappa shape index (κ1) is 22.6. The summed E-state index contributed by atoms with van der Waals surface area (Å²) in [7, 11) is 0. The fourth-order valence-electron chi connectivity index (χ4n) is 6.14. The van der Waals surface area contributed by atoms with E-state index >= 15 is 0 Å². The van der Waals surface area contributed by atoms with E-state index in [2.05, 4.69) is 13.8 Å². The zero-order valence-corrected chi connectivity index (χ0v) is 18.6. The molecular weight excluding hydrogens is 368 g/mol. The normalized spacial score (nSPS) is 41.2. The number of rotatable bonds is 6. The van der Waals surface area contributed by atoms with E-state index in [0.717, 1.165) is 32.1 Å². The average molecular weight is 409 g/mol. The lowest BCUT2D eigenvalue weighted by molar-refractivity contribution is -0.174. The monoisotopic (exact) mass is 408 g/mol. The number of carbonyl (C=O) groups excluding carboxylic acids is 2. The Labute approximate surface area is 175 Å². The predicted octanol–water partition coefficient (Wildman–Crippen LogP) is 4.36. The van der Waals surface area contributed by atoms with E-state index in [9.17, 15) is 14.7 Å². The van der Waals surface area contributed by atoms with Crippen molar-refractivity contribution in [3.05, 3.63) is 0 Å². The molecule has 1 aliphatic heterocycles. The standard InChI is InChI=1S/C24H40O5/c1-5-14(2)23(26)29-22-16(4)15(3)18(19-8-6-7-9-20(19)22)11-10-17-12-13-28-24(27)21(17)25/h14-22,25H,5-13H2,1-4H3/t14-,15+,16?,17-,18?,19?,20?,21?,22?/m0/s1. The number of hydrogen-bond donors (Lipinski definition) is 1. The Morgan fingerprint density at radius 1 is 1.14 bits per heavy atom. The van der Waals surface area contributed by atoms with Gasteiger partial charge in [-0.1, -0.05) is 40.5 Å². The number of cyclic esters (lactones) is 1. The second-order valence-corrected chi connectivity index (χ2v) is 9.94. The molecule has 1 N–H and O–H groups in total. The van der Waals surface area contributed by atoms with E-state index in [4.69, 9.17) is 9.47 Å². The molecule has 0 bridgehead atoms. The summed E-state index contributed by atoms with van der Waals surface area (Å²) in [6.07, 6.45) is 7.38. The highest BCUT2D eigenvalue weighted by Gasteiger charge is 2.49. The molecule has 5 nitrogen and oxygen atoms in total. The number of hydrogen-bond acceptors (Lipinski definition) is 5. The van der Waals surface area contributed by atoms with Crippen LogP contribution in [0.15, 0.2) is 0 Å². The molecule has 2 aliphatic carbocycles. The van der Waals surface area contributed by atoms with Gasteiger partial charge in [-0.15, -0.1) is 0 Å². The third kappa shape index (κ3) is 4.81. The second kappa shape index (κ2) is 9.80. The Morgan fingerprint density at radius 3 is 2.52 bits per heavy atom. The number of ether oxygens (including phenoxy) is 2. The SMILES string of the molecule is CC[C@H](C)C(=O)OC1C2CCCCC2C(CC[C@H]2CCOC(=O)C2O)[C@H](C)C1C. The minimum atomic E-state index is -0.966. The van der Waals surface area contributed by atoms with Crippen LogP contribution < -0.4 is 0 Å². The zero-order valence-electron chi connectivity index (χ0n) is 18.6. The van der Waals surface area contributed by atoms with Crippen LogP contribution in [0, 0.1) is 41.4 Å². The van der Waals surface area contributed by atoms with E-state index in [0.29, 0.717) is 36.2 Å². The maximum Gasteiger partial charge on any atom is 0.335 e. The molecule has 6 unspecified atom stereocenters. The maximum atomic E-state index is 12.6. The molecule has 0 aromatic carbocycles. The number of fused-ring (bicyclic) bond motifs is 1. The van der Waals surface area contributed by atoms with Crippen molar-refractivity contribution in [3.8, 4) is 0 Å². The van der Waals surface area contributed by atoms with Crippen LogP contribution in [0.2, 0.25) is 0 Å². The molecule has 0 amide bonds. The van der Waals surface area contributed by atoms with Crippen molar-refractivity contribution < 1.29 is 24.2 Å². The number of aliphatic hydroxyl groups excluding tert-OH is 1. The van der Waals surface area contributed by atoms with E-state index in [1.165, 1.54) is 19.3 Å². The lowest BCUT2D eigenvalue weighted by Gasteiger charge is -2.52. The molecule has 5 heteroatoms. The van der Waals surface area contributed by atoms with Gasteiger partial charge in [0.2, 0.25) is 0 Å². The third-order valence-corrected chi connectivity index (χ3v) is 8.43. The van der Waals surface area contributed by atoms with Crippen LogP contribution in [0.1, 0.15) is 79.1 Å². The Kier molecular flexibility index (Phi) is 7.63. The van der Waals surface area contributed by atoms with Crippen LogP contribution in [0.25, 0.3) is 0 Å². The fourth-order valence-corrected chi connectivity index (χ4v) is 6.14.